The number of ether oxygens (including phenoxy) is 1. The molecule has 1 amide bonds. The van der Waals surface area contributed by atoms with Crippen molar-refractivity contribution in [1.29, 1.82) is 0 Å². The Morgan fingerprint density at radius 1 is 1.17 bits per heavy atom. The molecule has 7 nitrogen and oxygen atoms in total. The molecule has 2 aromatic heterocycles. The summed E-state index contributed by atoms with van der Waals surface area (Å²) in [5.41, 5.74) is 0.764. The Hall–Kier alpha value is -2.46. The summed E-state index contributed by atoms with van der Waals surface area (Å²) >= 11 is 1.17. The van der Waals surface area contributed by atoms with Gasteiger partial charge in [0.2, 0.25) is 5.91 Å². The first-order valence-electron chi connectivity index (χ1n) is 9.13. The molecule has 0 unspecified atom stereocenters. The van der Waals surface area contributed by atoms with E-state index in [0.717, 1.165) is 15.8 Å². The van der Waals surface area contributed by atoms with Gasteiger partial charge < -0.3 is 14.5 Å². The van der Waals surface area contributed by atoms with Crippen molar-refractivity contribution in [3.63, 3.8) is 0 Å². The monoisotopic (exact) mass is 432 g/mol. The van der Waals surface area contributed by atoms with Crippen LogP contribution in [0.5, 0.6) is 0 Å². The van der Waals surface area contributed by atoms with Crippen LogP contribution < -0.4 is 5.32 Å². The van der Waals surface area contributed by atoms with Crippen LogP contribution in [0.15, 0.2) is 57.2 Å². The molecule has 1 aromatic carbocycles. The molecule has 1 N–H and O–H groups in total. The summed E-state index contributed by atoms with van der Waals surface area (Å²) in [4.78, 5) is 12.8. The summed E-state index contributed by atoms with van der Waals surface area (Å²) < 4.78 is 37.8. The van der Waals surface area contributed by atoms with E-state index in [-0.39, 0.29) is 16.7 Å². The number of morpholine rings is 1. The molecular formula is C20H20N2O5S2. The Labute approximate surface area is 172 Å². The smallest absolute Gasteiger partial charge is 0.252 e. The molecule has 0 saturated carbocycles. The molecule has 0 aliphatic carbocycles. The second-order valence-corrected chi connectivity index (χ2v) is 9.81. The molecule has 1 aliphatic rings. The van der Waals surface area contributed by atoms with Gasteiger partial charge in [-0.2, -0.15) is 4.31 Å². The third-order valence-electron chi connectivity index (χ3n) is 4.48. The molecule has 4 rings (SSSR count). The second kappa shape index (κ2) is 8.50. The predicted octanol–water partition coefficient (Wildman–Crippen LogP) is 2.84. The summed E-state index contributed by atoms with van der Waals surface area (Å²) in [5.74, 6) is 0.313. The minimum Gasteiger partial charge on any atom is -0.457 e. The maximum Gasteiger partial charge on any atom is 0.252 e. The number of hydrogen-bond donors (Lipinski definition) is 1. The molecule has 3 heterocycles. The van der Waals surface area contributed by atoms with Gasteiger partial charge in [0.15, 0.2) is 0 Å². The van der Waals surface area contributed by atoms with E-state index in [1.807, 2.05) is 30.3 Å². The van der Waals surface area contributed by atoms with Crippen molar-refractivity contribution >= 4 is 44.3 Å². The summed E-state index contributed by atoms with van der Waals surface area (Å²) in [6, 6.07) is 12.8. The number of rotatable bonds is 6. The Kier molecular flexibility index (Phi) is 5.81. The largest absolute Gasteiger partial charge is 0.457 e. The van der Waals surface area contributed by atoms with Gasteiger partial charge in [-0.1, -0.05) is 18.2 Å². The molecule has 29 heavy (non-hydrogen) atoms. The second-order valence-electron chi connectivity index (χ2n) is 6.47. The van der Waals surface area contributed by atoms with Crippen LogP contribution >= 0.6 is 11.3 Å². The van der Waals surface area contributed by atoms with Crippen molar-refractivity contribution in [2.45, 2.75) is 10.8 Å². The zero-order valence-electron chi connectivity index (χ0n) is 15.5. The summed E-state index contributed by atoms with van der Waals surface area (Å²) in [7, 11) is -3.51. The van der Waals surface area contributed by atoms with Crippen molar-refractivity contribution in [3.8, 4) is 0 Å². The summed E-state index contributed by atoms with van der Waals surface area (Å²) in [5, 5.41) is 3.73. The summed E-state index contributed by atoms with van der Waals surface area (Å²) in [6.45, 7) is 1.79. The zero-order chi connectivity index (χ0) is 20.3. The van der Waals surface area contributed by atoms with Crippen molar-refractivity contribution in [2.75, 3.05) is 26.3 Å². The minimum absolute atomic E-state index is 0.257. The highest BCUT2D eigenvalue weighted by molar-refractivity contribution is 7.91. The average Bonchev–Trinajstić information content (AvgIpc) is 3.38. The number of amides is 1. The van der Waals surface area contributed by atoms with Gasteiger partial charge in [-0.05, 0) is 30.3 Å². The van der Waals surface area contributed by atoms with Crippen molar-refractivity contribution < 1.29 is 22.4 Å². The van der Waals surface area contributed by atoms with Gasteiger partial charge in [0.05, 0.1) is 19.8 Å². The van der Waals surface area contributed by atoms with Crippen molar-refractivity contribution in [1.82, 2.24) is 9.62 Å². The number of furan rings is 1. The van der Waals surface area contributed by atoms with Crippen LogP contribution in [0.2, 0.25) is 0 Å². The van der Waals surface area contributed by atoms with Crippen LogP contribution in [0.25, 0.3) is 17.0 Å². The number of para-hydroxylation sites is 1. The van der Waals surface area contributed by atoms with Gasteiger partial charge in [0, 0.05) is 29.4 Å². The van der Waals surface area contributed by atoms with Crippen molar-refractivity contribution in [3.05, 3.63) is 59.2 Å². The highest BCUT2D eigenvalue weighted by Gasteiger charge is 2.27. The van der Waals surface area contributed by atoms with E-state index in [0.29, 0.717) is 32.1 Å². The number of thiophene rings is 1. The number of carbonyl (C=O) groups excluding carboxylic acids is 1. The number of nitrogens with zero attached hydrogens (tertiary/aromatic N) is 1. The van der Waals surface area contributed by atoms with E-state index in [2.05, 4.69) is 5.32 Å². The van der Waals surface area contributed by atoms with E-state index in [4.69, 9.17) is 9.15 Å². The number of sulfonamides is 1. The third-order valence-corrected chi connectivity index (χ3v) is 7.93. The fourth-order valence-electron chi connectivity index (χ4n) is 2.98. The van der Waals surface area contributed by atoms with E-state index in [9.17, 15) is 13.2 Å². The molecule has 152 valence electrons. The van der Waals surface area contributed by atoms with Crippen LogP contribution in [0, 0.1) is 0 Å². The number of hydrogen-bond acceptors (Lipinski definition) is 6. The highest BCUT2D eigenvalue weighted by atomic mass is 32.2. The average molecular weight is 433 g/mol. The van der Waals surface area contributed by atoms with Crippen LogP contribution in [0.4, 0.5) is 0 Å². The first kappa shape index (κ1) is 19.8. The topological polar surface area (TPSA) is 88.8 Å². The first-order valence-corrected chi connectivity index (χ1v) is 11.4. The third kappa shape index (κ3) is 4.59. The first-order chi connectivity index (χ1) is 14.0. The lowest BCUT2D eigenvalue weighted by Gasteiger charge is -2.25. The maximum absolute atomic E-state index is 12.6. The van der Waals surface area contributed by atoms with Gasteiger partial charge in [-0.15, -0.1) is 11.3 Å². The molecule has 0 spiro atoms. The van der Waals surface area contributed by atoms with Gasteiger partial charge in [-0.3, -0.25) is 4.79 Å². The Bertz CT molecular complexity index is 1110. The lowest BCUT2D eigenvalue weighted by Crippen LogP contribution is -2.40. The van der Waals surface area contributed by atoms with Gasteiger partial charge in [-0.25, -0.2) is 8.42 Å². The standard InChI is InChI=1S/C20H20N2O5S2/c23-19(7-5-16-13-15-3-1-2-4-18(15)27-16)21-14-17-6-8-20(28-17)29(24,25)22-9-11-26-12-10-22/h1-8,13H,9-12,14H2,(H,21,23)/b7-5+. The van der Waals surface area contributed by atoms with Gasteiger partial charge in [0.1, 0.15) is 15.6 Å². The molecule has 0 atom stereocenters. The number of fused-ring (bicyclic) bond motifs is 1. The summed E-state index contributed by atoms with van der Waals surface area (Å²) in [6.07, 6.45) is 3.01. The van der Waals surface area contributed by atoms with Crippen LogP contribution in [-0.4, -0.2) is 44.9 Å². The highest BCUT2D eigenvalue weighted by Crippen LogP contribution is 2.25. The SMILES string of the molecule is O=C(/C=C/c1cc2ccccc2o1)NCc1ccc(S(=O)(=O)N2CCOCC2)s1. The zero-order valence-corrected chi connectivity index (χ0v) is 17.2. The minimum atomic E-state index is -3.51. The molecular weight excluding hydrogens is 412 g/mol. The van der Waals surface area contributed by atoms with Crippen LogP contribution in [-0.2, 0) is 26.1 Å². The molecule has 0 bridgehead atoms. The molecule has 0 radical (unpaired) electrons. The molecule has 1 aliphatic heterocycles. The fraction of sp³-hybridized carbons (Fsp3) is 0.250. The lowest BCUT2D eigenvalue weighted by molar-refractivity contribution is -0.116. The van der Waals surface area contributed by atoms with Gasteiger partial charge in [0.25, 0.3) is 10.0 Å². The normalized spacial score (nSPS) is 15.9. The molecule has 1 saturated heterocycles. The Morgan fingerprint density at radius 2 is 1.97 bits per heavy atom. The Morgan fingerprint density at radius 3 is 2.76 bits per heavy atom. The Balaban J connectivity index is 1.35. The van der Waals surface area contributed by atoms with Gasteiger partial charge >= 0.3 is 0 Å². The quantitative estimate of drug-likeness (QED) is 0.605. The van der Waals surface area contributed by atoms with Crippen LogP contribution in [0.1, 0.15) is 10.6 Å². The van der Waals surface area contributed by atoms with E-state index >= 15 is 0 Å². The fourth-order valence-corrected chi connectivity index (χ4v) is 5.84. The lowest BCUT2D eigenvalue weighted by atomic mass is 10.2. The number of carbonyl (C=O) groups is 1. The van der Waals surface area contributed by atoms with Crippen molar-refractivity contribution in [2.24, 2.45) is 0 Å². The molecule has 1 fully saturated rings. The predicted molar refractivity (Wildman–Crippen MR) is 111 cm³/mol. The molecule has 3 aromatic rings. The van der Waals surface area contributed by atoms with Crippen LogP contribution in [0.3, 0.4) is 0 Å². The van der Waals surface area contributed by atoms with E-state index < -0.39 is 10.0 Å². The molecule has 9 heteroatoms. The number of nitrogens with one attached hydrogen (secondary N) is 1. The van der Waals surface area contributed by atoms with E-state index in [1.54, 1.807) is 18.2 Å². The maximum atomic E-state index is 12.6. The number of benzene rings is 1. The van der Waals surface area contributed by atoms with E-state index in [1.165, 1.54) is 21.7 Å².